The first kappa shape index (κ1) is 20.4. The molecule has 1 saturated carbocycles. The number of cyclic esters (lactones) is 1. The lowest BCUT2D eigenvalue weighted by molar-refractivity contribution is -0.142. The van der Waals surface area contributed by atoms with Gasteiger partial charge in [-0.1, -0.05) is 11.6 Å². The van der Waals surface area contributed by atoms with Crippen molar-refractivity contribution in [3.05, 3.63) is 34.1 Å². The van der Waals surface area contributed by atoms with Crippen LogP contribution >= 0.6 is 11.6 Å². The second-order valence-electron chi connectivity index (χ2n) is 8.24. The van der Waals surface area contributed by atoms with Crippen molar-refractivity contribution in [3.8, 4) is 0 Å². The molecule has 0 aromatic carbocycles. The Labute approximate surface area is 180 Å². The molecule has 7 nitrogen and oxygen atoms in total. The number of aromatic nitrogens is 2. The molecule has 3 aliphatic rings. The molecular weight excluding hydrogens is 437 g/mol. The maximum absolute atomic E-state index is 13.7. The molecule has 0 spiro atoms. The molecule has 166 valence electrons. The van der Waals surface area contributed by atoms with Gasteiger partial charge in [0, 0.05) is 19.1 Å². The first-order valence-corrected chi connectivity index (χ1v) is 10.6. The number of nitrogens with zero attached hydrogens (tertiary/aromatic N) is 4. The lowest BCUT2D eigenvalue weighted by atomic mass is 10.0. The standard InChI is InChI=1S/C20H20ClF3N4O3/c21-16-14-9-12(11-1-2-11)10-15(20(22,23)24)28(14)25-17(16)18(29)26-5-3-13(4-6-26)27-7-8-31-19(27)30/h9-11,13H,1-8H2. The van der Waals surface area contributed by atoms with Crippen molar-refractivity contribution >= 4 is 29.1 Å². The second kappa shape index (κ2) is 7.29. The predicted octanol–water partition coefficient (Wildman–Crippen LogP) is 3.94. The summed E-state index contributed by atoms with van der Waals surface area (Å²) >= 11 is 6.37. The number of amides is 2. The molecule has 0 unspecified atom stereocenters. The first-order chi connectivity index (χ1) is 14.7. The minimum absolute atomic E-state index is 0.0199. The van der Waals surface area contributed by atoms with E-state index in [0.29, 0.717) is 44.6 Å². The summed E-state index contributed by atoms with van der Waals surface area (Å²) < 4.78 is 46.7. The van der Waals surface area contributed by atoms with Gasteiger partial charge in [0.2, 0.25) is 0 Å². The average molecular weight is 457 g/mol. The first-order valence-electron chi connectivity index (χ1n) is 10.3. The van der Waals surface area contributed by atoms with Gasteiger partial charge in [0.25, 0.3) is 5.91 Å². The van der Waals surface area contributed by atoms with Gasteiger partial charge in [-0.3, -0.25) is 4.79 Å². The highest BCUT2D eigenvalue weighted by molar-refractivity contribution is 6.36. The van der Waals surface area contributed by atoms with Crippen LogP contribution in [0.3, 0.4) is 0 Å². The third-order valence-corrected chi connectivity index (χ3v) is 6.60. The number of likely N-dealkylation sites (tertiary alicyclic amines) is 1. The summed E-state index contributed by atoms with van der Waals surface area (Å²) in [4.78, 5) is 28.0. The Hall–Kier alpha value is -2.49. The lowest BCUT2D eigenvalue weighted by Crippen LogP contribution is -2.47. The molecule has 0 radical (unpaired) electrons. The number of rotatable bonds is 3. The van der Waals surface area contributed by atoms with E-state index in [-0.39, 0.29) is 34.3 Å². The Morgan fingerprint density at radius 3 is 2.42 bits per heavy atom. The molecule has 1 aliphatic carbocycles. The fraction of sp³-hybridized carbons (Fsp3) is 0.550. The van der Waals surface area contributed by atoms with E-state index in [1.807, 2.05) is 0 Å². The van der Waals surface area contributed by atoms with E-state index in [4.69, 9.17) is 16.3 Å². The van der Waals surface area contributed by atoms with Gasteiger partial charge in [0.1, 0.15) is 12.3 Å². The van der Waals surface area contributed by atoms with Gasteiger partial charge in [-0.05, 0) is 49.3 Å². The van der Waals surface area contributed by atoms with E-state index in [0.717, 1.165) is 23.4 Å². The van der Waals surface area contributed by atoms with Crippen LogP contribution in [0.2, 0.25) is 5.02 Å². The van der Waals surface area contributed by atoms with Crippen molar-refractivity contribution in [1.29, 1.82) is 0 Å². The van der Waals surface area contributed by atoms with Crippen LogP contribution in [0.25, 0.3) is 5.52 Å². The topological polar surface area (TPSA) is 67.2 Å². The summed E-state index contributed by atoms with van der Waals surface area (Å²) in [6.07, 6.45) is -2.17. The Bertz CT molecular complexity index is 1060. The van der Waals surface area contributed by atoms with Gasteiger partial charge in [-0.15, -0.1) is 0 Å². The van der Waals surface area contributed by atoms with Gasteiger partial charge in [-0.2, -0.15) is 18.3 Å². The van der Waals surface area contributed by atoms with Crippen LogP contribution in [0, 0.1) is 0 Å². The van der Waals surface area contributed by atoms with E-state index in [2.05, 4.69) is 5.10 Å². The highest BCUT2D eigenvalue weighted by atomic mass is 35.5. The average Bonchev–Trinajstić information content (AvgIpc) is 3.42. The third kappa shape index (κ3) is 3.60. The van der Waals surface area contributed by atoms with Crippen molar-refractivity contribution in [1.82, 2.24) is 19.4 Å². The van der Waals surface area contributed by atoms with E-state index >= 15 is 0 Å². The zero-order valence-corrected chi connectivity index (χ0v) is 17.2. The van der Waals surface area contributed by atoms with Crippen molar-refractivity contribution < 1.29 is 27.5 Å². The number of ether oxygens (including phenoxy) is 1. The molecule has 2 amide bonds. The number of hydrogen-bond acceptors (Lipinski definition) is 4. The van der Waals surface area contributed by atoms with Crippen LogP contribution in [-0.4, -0.2) is 63.7 Å². The molecule has 2 saturated heterocycles. The molecule has 0 bridgehead atoms. The maximum atomic E-state index is 13.7. The monoisotopic (exact) mass is 456 g/mol. The molecule has 0 N–H and O–H groups in total. The lowest BCUT2D eigenvalue weighted by Gasteiger charge is -2.35. The van der Waals surface area contributed by atoms with E-state index in [1.165, 1.54) is 4.90 Å². The minimum Gasteiger partial charge on any atom is -0.448 e. The quantitative estimate of drug-likeness (QED) is 0.701. The Kier molecular flexibility index (Phi) is 4.80. The smallest absolute Gasteiger partial charge is 0.433 e. The number of alkyl halides is 3. The molecule has 3 fully saturated rings. The SMILES string of the molecule is O=C(c1nn2c(C(F)(F)F)cc(C3CC3)cc2c1Cl)N1CCC(N2CCOC2=O)CC1. The van der Waals surface area contributed by atoms with Gasteiger partial charge in [0.15, 0.2) is 5.69 Å². The highest BCUT2D eigenvalue weighted by Gasteiger charge is 2.39. The zero-order chi connectivity index (χ0) is 21.9. The summed E-state index contributed by atoms with van der Waals surface area (Å²) in [5.74, 6) is -0.412. The van der Waals surface area contributed by atoms with E-state index in [1.54, 1.807) is 11.0 Å². The fourth-order valence-corrected chi connectivity index (χ4v) is 4.65. The molecule has 2 aromatic rings. The molecule has 5 rings (SSSR count). The molecule has 31 heavy (non-hydrogen) atoms. The predicted molar refractivity (Wildman–Crippen MR) is 104 cm³/mol. The summed E-state index contributed by atoms with van der Waals surface area (Å²) in [5.41, 5.74) is -0.450. The van der Waals surface area contributed by atoms with Crippen molar-refractivity contribution in [2.45, 2.75) is 43.8 Å². The molecule has 2 aliphatic heterocycles. The summed E-state index contributed by atoms with van der Waals surface area (Å²) in [7, 11) is 0. The van der Waals surface area contributed by atoms with Crippen molar-refractivity contribution in [3.63, 3.8) is 0 Å². The van der Waals surface area contributed by atoms with Crippen LogP contribution in [0.5, 0.6) is 0 Å². The normalized spacial score (nSPS) is 20.6. The van der Waals surface area contributed by atoms with Gasteiger partial charge in [0.05, 0.1) is 17.1 Å². The number of halogens is 4. The minimum atomic E-state index is -4.62. The van der Waals surface area contributed by atoms with Crippen LogP contribution < -0.4 is 0 Å². The number of piperidine rings is 1. The maximum Gasteiger partial charge on any atom is 0.433 e. The van der Waals surface area contributed by atoms with Gasteiger partial charge >= 0.3 is 12.3 Å². The van der Waals surface area contributed by atoms with Crippen LogP contribution in [0.4, 0.5) is 18.0 Å². The number of fused-ring (bicyclic) bond motifs is 1. The number of carbonyl (C=O) groups is 2. The van der Waals surface area contributed by atoms with Gasteiger partial charge < -0.3 is 14.5 Å². The molecule has 0 atom stereocenters. The van der Waals surface area contributed by atoms with Crippen molar-refractivity contribution in [2.75, 3.05) is 26.2 Å². The summed E-state index contributed by atoms with van der Waals surface area (Å²) in [6.45, 7) is 1.60. The van der Waals surface area contributed by atoms with Gasteiger partial charge in [-0.25, -0.2) is 9.31 Å². The molecule has 2 aromatic heterocycles. The summed E-state index contributed by atoms with van der Waals surface area (Å²) in [5, 5.41) is 3.91. The number of carbonyl (C=O) groups excluding carboxylic acids is 2. The van der Waals surface area contributed by atoms with Crippen molar-refractivity contribution in [2.24, 2.45) is 0 Å². The third-order valence-electron chi connectivity index (χ3n) is 6.22. The Balaban J connectivity index is 1.42. The molecular formula is C20H20ClF3N4O3. The largest absolute Gasteiger partial charge is 0.448 e. The zero-order valence-electron chi connectivity index (χ0n) is 16.5. The van der Waals surface area contributed by atoms with Crippen LogP contribution in [0.1, 0.15) is 53.3 Å². The fourth-order valence-electron chi connectivity index (χ4n) is 4.40. The second-order valence-corrected chi connectivity index (χ2v) is 8.61. The van der Waals surface area contributed by atoms with Crippen LogP contribution in [-0.2, 0) is 10.9 Å². The van der Waals surface area contributed by atoms with Crippen LogP contribution in [0.15, 0.2) is 12.1 Å². The molecule has 4 heterocycles. The Morgan fingerprint density at radius 1 is 1.13 bits per heavy atom. The summed E-state index contributed by atoms with van der Waals surface area (Å²) in [6, 6.07) is 2.68. The van der Waals surface area contributed by atoms with E-state index in [9.17, 15) is 22.8 Å². The Morgan fingerprint density at radius 2 is 1.84 bits per heavy atom. The van der Waals surface area contributed by atoms with E-state index < -0.39 is 17.8 Å². The highest BCUT2D eigenvalue weighted by Crippen LogP contribution is 2.43. The molecule has 11 heteroatoms. The number of hydrogen-bond donors (Lipinski definition) is 0. The number of pyridine rings is 1.